The predicted octanol–water partition coefficient (Wildman–Crippen LogP) is 3.42. The van der Waals surface area contributed by atoms with Crippen LogP contribution in [0.1, 0.15) is 37.5 Å². The summed E-state index contributed by atoms with van der Waals surface area (Å²) in [6.45, 7) is 8.02. The third kappa shape index (κ3) is 5.43. The number of aromatic nitrogens is 3. The molecule has 27 heavy (non-hydrogen) atoms. The molecule has 8 heteroatoms. The van der Waals surface area contributed by atoms with Crippen molar-refractivity contribution in [1.82, 2.24) is 25.4 Å². The average molecular weight is 547 g/mol. The van der Waals surface area contributed by atoms with E-state index < -0.39 is 0 Å². The SMILES string of the molecule is CN=C(NCC(C)(C)c1ccccc1Br)NC1CCc2nc(C)nn2C1.I. The molecule has 1 aliphatic heterocycles. The fraction of sp³-hybridized carbons (Fsp3) is 0.526. The van der Waals surface area contributed by atoms with Gasteiger partial charge < -0.3 is 10.6 Å². The third-order valence-electron chi connectivity index (χ3n) is 4.83. The average Bonchev–Trinajstić information content (AvgIpc) is 2.98. The molecule has 0 aliphatic carbocycles. The molecule has 148 valence electrons. The van der Waals surface area contributed by atoms with Crippen LogP contribution in [0.2, 0.25) is 0 Å². The maximum absolute atomic E-state index is 4.47. The molecule has 3 rings (SSSR count). The molecule has 0 saturated carbocycles. The molecule has 1 atom stereocenters. The molecule has 0 radical (unpaired) electrons. The van der Waals surface area contributed by atoms with Crippen LogP contribution in [0.5, 0.6) is 0 Å². The van der Waals surface area contributed by atoms with Gasteiger partial charge in [0.1, 0.15) is 11.6 Å². The largest absolute Gasteiger partial charge is 0.356 e. The van der Waals surface area contributed by atoms with Crippen molar-refractivity contribution in [2.24, 2.45) is 4.99 Å². The summed E-state index contributed by atoms with van der Waals surface area (Å²) in [5.74, 6) is 2.76. The van der Waals surface area contributed by atoms with Crippen LogP contribution >= 0.6 is 39.9 Å². The van der Waals surface area contributed by atoms with Crippen molar-refractivity contribution in [3.05, 3.63) is 46.0 Å². The summed E-state index contributed by atoms with van der Waals surface area (Å²) >= 11 is 3.66. The Hall–Kier alpha value is -1.16. The third-order valence-corrected chi connectivity index (χ3v) is 5.52. The maximum Gasteiger partial charge on any atom is 0.191 e. The number of guanidine groups is 1. The summed E-state index contributed by atoms with van der Waals surface area (Å²) in [6.07, 6.45) is 1.98. The van der Waals surface area contributed by atoms with Crippen molar-refractivity contribution in [2.75, 3.05) is 13.6 Å². The van der Waals surface area contributed by atoms with Crippen LogP contribution in [0, 0.1) is 6.92 Å². The highest BCUT2D eigenvalue weighted by Crippen LogP contribution is 2.29. The van der Waals surface area contributed by atoms with Crippen molar-refractivity contribution in [1.29, 1.82) is 0 Å². The first-order valence-electron chi connectivity index (χ1n) is 9.01. The number of nitrogens with zero attached hydrogens (tertiary/aromatic N) is 4. The fourth-order valence-corrected chi connectivity index (χ4v) is 4.17. The summed E-state index contributed by atoms with van der Waals surface area (Å²) < 4.78 is 3.14. The van der Waals surface area contributed by atoms with Gasteiger partial charge >= 0.3 is 0 Å². The first-order valence-corrected chi connectivity index (χ1v) is 9.81. The number of rotatable bonds is 4. The van der Waals surface area contributed by atoms with Gasteiger partial charge in [0.05, 0.1) is 6.54 Å². The van der Waals surface area contributed by atoms with Gasteiger partial charge in [-0.25, -0.2) is 9.67 Å². The molecule has 1 aromatic carbocycles. The van der Waals surface area contributed by atoms with E-state index in [9.17, 15) is 0 Å². The van der Waals surface area contributed by atoms with E-state index in [-0.39, 0.29) is 29.4 Å². The number of hydrogen-bond donors (Lipinski definition) is 2. The highest BCUT2D eigenvalue weighted by Gasteiger charge is 2.25. The molecular formula is C19H28BrIN6. The lowest BCUT2D eigenvalue weighted by Crippen LogP contribution is -2.49. The lowest BCUT2D eigenvalue weighted by Gasteiger charge is -2.30. The molecule has 2 heterocycles. The molecule has 6 nitrogen and oxygen atoms in total. The summed E-state index contributed by atoms with van der Waals surface area (Å²) in [7, 11) is 1.81. The number of hydrogen-bond acceptors (Lipinski definition) is 3. The van der Waals surface area contributed by atoms with Crippen molar-refractivity contribution in [3.63, 3.8) is 0 Å². The second-order valence-corrected chi connectivity index (χ2v) is 8.28. The molecule has 1 aromatic heterocycles. The zero-order valence-corrected chi connectivity index (χ0v) is 20.2. The van der Waals surface area contributed by atoms with Gasteiger partial charge in [-0.05, 0) is 25.0 Å². The zero-order chi connectivity index (χ0) is 18.7. The van der Waals surface area contributed by atoms with Crippen molar-refractivity contribution >= 4 is 45.9 Å². The lowest BCUT2D eigenvalue weighted by atomic mass is 9.84. The minimum absolute atomic E-state index is 0. The van der Waals surface area contributed by atoms with E-state index in [0.29, 0.717) is 6.04 Å². The molecule has 0 bridgehead atoms. The van der Waals surface area contributed by atoms with Crippen LogP contribution in [0.25, 0.3) is 0 Å². The van der Waals surface area contributed by atoms with E-state index in [1.54, 1.807) is 0 Å². The standard InChI is InChI=1S/C19H27BrN6.HI/c1-13-23-17-10-9-14(11-26(17)25-13)24-18(21-4)22-12-19(2,3)15-7-5-6-8-16(15)20;/h5-8,14H,9-12H2,1-4H3,(H2,21,22,24);1H. The second-order valence-electron chi connectivity index (χ2n) is 7.43. The summed E-state index contributed by atoms with van der Waals surface area (Å²) in [4.78, 5) is 8.87. The van der Waals surface area contributed by atoms with Gasteiger partial charge in [0.2, 0.25) is 0 Å². The fourth-order valence-electron chi connectivity index (χ4n) is 3.35. The molecule has 0 amide bonds. The maximum atomic E-state index is 4.47. The summed E-state index contributed by atoms with van der Waals surface area (Å²) in [6, 6.07) is 8.68. The van der Waals surface area contributed by atoms with Gasteiger partial charge in [0.25, 0.3) is 0 Å². The molecule has 0 fully saturated rings. The molecule has 2 aromatic rings. The molecule has 2 N–H and O–H groups in total. The minimum atomic E-state index is -0.0273. The van der Waals surface area contributed by atoms with E-state index >= 15 is 0 Å². The Kier molecular flexibility index (Phi) is 7.67. The topological polar surface area (TPSA) is 67.1 Å². The van der Waals surface area contributed by atoms with Gasteiger partial charge in [-0.1, -0.05) is 48.0 Å². The number of nitrogens with one attached hydrogen (secondary N) is 2. The van der Waals surface area contributed by atoms with E-state index in [1.165, 1.54) is 5.56 Å². The van der Waals surface area contributed by atoms with Crippen LogP contribution in [-0.2, 0) is 18.4 Å². The quantitative estimate of drug-likeness (QED) is 0.350. The summed E-state index contributed by atoms with van der Waals surface area (Å²) in [5, 5.41) is 11.5. The Balaban J connectivity index is 0.00000261. The van der Waals surface area contributed by atoms with Gasteiger partial charge in [0.15, 0.2) is 5.96 Å². The van der Waals surface area contributed by atoms with Crippen molar-refractivity contribution in [3.8, 4) is 0 Å². The molecule has 0 saturated heterocycles. The molecule has 0 spiro atoms. The highest BCUT2D eigenvalue weighted by atomic mass is 127. The Morgan fingerprint density at radius 3 is 2.81 bits per heavy atom. The van der Waals surface area contributed by atoms with E-state index in [0.717, 1.165) is 48.0 Å². The number of fused-ring (bicyclic) bond motifs is 1. The Labute approximate surface area is 186 Å². The number of halogens is 2. The predicted molar refractivity (Wildman–Crippen MR) is 124 cm³/mol. The van der Waals surface area contributed by atoms with Gasteiger partial charge in [0, 0.05) is 35.9 Å². The van der Waals surface area contributed by atoms with Gasteiger partial charge in [-0.15, -0.1) is 24.0 Å². The monoisotopic (exact) mass is 546 g/mol. The van der Waals surface area contributed by atoms with Crippen molar-refractivity contribution in [2.45, 2.75) is 51.6 Å². The van der Waals surface area contributed by atoms with Crippen LogP contribution in [0.3, 0.4) is 0 Å². The normalized spacial score (nSPS) is 17.1. The van der Waals surface area contributed by atoms with E-state index in [4.69, 9.17) is 0 Å². The van der Waals surface area contributed by atoms with Crippen LogP contribution in [0.15, 0.2) is 33.7 Å². The van der Waals surface area contributed by atoms with Crippen LogP contribution in [0.4, 0.5) is 0 Å². The number of benzene rings is 1. The minimum Gasteiger partial charge on any atom is -0.356 e. The molecular weight excluding hydrogens is 519 g/mol. The molecule has 1 unspecified atom stereocenters. The Bertz CT molecular complexity index is 801. The first kappa shape index (κ1) is 22.1. The van der Waals surface area contributed by atoms with Crippen LogP contribution < -0.4 is 10.6 Å². The van der Waals surface area contributed by atoms with Gasteiger partial charge in [-0.3, -0.25) is 4.99 Å². The van der Waals surface area contributed by atoms with Gasteiger partial charge in [-0.2, -0.15) is 5.10 Å². The smallest absolute Gasteiger partial charge is 0.191 e. The first-order chi connectivity index (χ1) is 12.4. The van der Waals surface area contributed by atoms with Crippen molar-refractivity contribution < 1.29 is 0 Å². The number of aryl methyl sites for hydroxylation is 2. The summed E-state index contributed by atoms with van der Waals surface area (Å²) in [5.41, 5.74) is 1.25. The zero-order valence-electron chi connectivity index (χ0n) is 16.3. The highest BCUT2D eigenvalue weighted by molar-refractivity contribution is 14.0. The molecule has 1 aliphatic rings. The second kappa shape index (κ2) is 9.36. The number of aliphatic imine (C=N–C) groups is 1. The Morgan fingerprint density at radius 1 is 1.37 bits per heavy atom. The van der Waals surface area contributed by atoms with E-state index in [2.05, 4.69) is 73.7 Å². The lowest BCUT2D eigenvalue weighted by molar-refractivity contribution is 0.390. The Morgan fingerprint density at radius 2 is 2.11 bits per heavy atom. The van der Waals surface area contributed by atoms with E-state index in [1.807, 2.05) is 24.7 Å². The van der Waals surface area contributed by atoms with Crippen LogP contribution in [-0.4, -0.2) is 40.4 Å².